The molecule has 4 rings (SSSR count). The molecule has 1 aromatic rings. The van der Waals surface area contributed by atoms with Crippen LogP contribution in [0.15, 0.2) is 30.3 Å². The van der Waals surface area contributed by atoms with Crippen LogP contribution in [0.2, 0.25) is 0 Å². The Balaban J connectivity index is 1.45. The van der Waals surface area contributed by atoms with E-state index in [1.807, 2.05) is 0 Å². The van der Waals surface area contributed by atoms with Gasteiger partial charge in [-0.25, -0.2) is 0 Å². The zero-order chi connectivity index (χ0) is 17.3. The van der Waals surface area contributed by atoms with E-state index in [9.17, 15) is 0 Å². The van der Waals surface area contributed by atoms with E-state index in [4.69, 9.17) is 4.74 Å². The van der Waals surface area contributed by atoms with E-state index < -0.39 is 0 Å². The maximum atomic E-state index is 6.03. The fourth-order valence-electron chi connectivity index (χ4n) is 5.43. The summed E-state index contributed by atoms with van der Waals surface area (Å²) in [6.07, 6.45) is 11.6. The summed E-state index contributed by atoms with van der Waals surface area (Å²) >= 11 is 0. The van der Waals surface area contributed by atoms with Crippen molar-refractivity contribution >= 4 is 0 Å². The van der Waals surface area contributed by atoms with Gasteiger partial charge in [-0.05, 0) is 76.4 Å². The summed E-state index contributed by atoms with van der Waals surface area (Å²) < 4.78 is 6.03. The Bertz CT molecular complexity index is 557. The highest BCUT2D eigenvalue weighted by atomic mass is 16.5. The van der Waals surface area contributed by atoms with Gasteiger partial charge in [-0.1, -0.05) is 30.3 Å². The Hall–Kier alpha value is -0.900. The van der Waals surface area contributed by atoms with E-state index in [0.717, 1.165) is 19.4 Å². The van der Waals surface area contributed by atoms with Gasteiger partial charge in [-0.15, -0.1) is 0 Å². The molecule has 0 amide bonds. The third-order valence-electron chi connectivity index (χ3n) is 7.18. The van der Waals surface area contributed by atoms with Crippen molar-refractivity contribution in [3.05, 3.63) is 42.3 Å². The van der Waals surface area contributed by atoms with Gasteiger partial charge in [0.2, 0.25) is 0 Å². The molecule has 0 aromatic heterocycles. The Labute approximate surface area is 153 Å². The molecule has 0 bridgehead atoms. The minimum Gasteiger partial charge on any atom is -0.363 e. The normalized spacial score (nSPS) is 37.0. The second-order valence-corrected chi connectivity index (χ2v) is 8.65. The van der Waals surface area contributed by atoms with Crippen LogP contribution in [0, 0.1) is 11.8 Å². The lowest BCUT2D eigenvalue weighted by atomic mass is 9.64. The molecule has 1 atom stereocenters. The number of nitrogens with zero attached hydrogens (tertiary/aromatic N) is 2. The molecular formula is C22H33N2O. The fourth-order valence-corrected chi connectivity index (χ4v) is 5.43. The molecule has 137 valence electrons. The molecule has 3 nitrogen and oxygen atoms in total. The van der Waals surface area contributed by atoms with E-state index in [1.54, 1.807) is 0 Å². The van der Waals surface area contributed by atoms with Crippen LogP contribution in [-0.2, 0) is 10.3 Å². The monoisotopic (exact) mass is 341 g/mol. The summed E-state index contributed by atoms with van der Waals surface area (Å²) in [5, 5.41) is 0. The van der Waals surface area contributed by atoms with E-state index >= 15 is 0 Å². The molecule has 1 unspecified atom stereocenters. The van der Waals surface area contributed by atoms with Crippen molar-refractivity contribution in [3.63, 3.8) is 0 Å². The van der Waals surface area contributed by atoms with Crippen molar-refractivity contribution in [1.82, 2.24) is 9.80 Å². The Morgan fingerprint density at radius 2 is 1.80 bits per heavy atom. The van der Waals surface area contributed by atoms with Crippen LogP contribution in [0.25, 0.3) is 0 Å². The molecule has 1 aromatic carbocycles. The van der Waals surface area contributed by atoms with Crippen LogP contribution in [-0.4, -0.2) is 49.8 Å². The van der Waals surface area contributed by atoms with Crippen molar-refractivity contribution in [2.24, 2.45) is 5.41 Å². The zero-order valence-corrected chi connectivity index (χ0v) is 15.9. The van der Waals surface area contributed by atoms with Gasteiger partial charge in [0.15, 0.2) is 0 Å². The van der Waals surface area contributed by atoms with Gasteiger partial charge < -0.3 is 4.74 Å². The lowest BCUT2D eigenvalue weighted by Crippen LogP contribution is -2.48. The zero-order valence-electron chi connectivity index (χ0n) is 15.9. The average Bonchev–Trinajstić information content (AvgIpc) is 3.08. The van der Waals surface area contributed by atoms with Gasteiger partial charge in [0, 0.05) is 25.2 Å². The maximum absolute atomic E-state index is 6.03. The first kappa shape index (κ1) is 17.5. The molecule has 25 heavy (non-hydrogen) atoms. The molecule has 3 aliphatic rings. The summed E-state index contributed by atoms with van der Waals surface area (Å²) in [4.78, 5) is 5.10. The van der Waals surface area contributed by atoms with Crippen LogP contribution < -0.4 is 0 Å². The van der Waals surface area contributed by atoms with Gasteiger partial charge in [0.25, 0.3) is 0 Å². The second kappa shape index (κ2) is 7.02. The van der Waals surface area contributed by atoms with Gasteiger partial charge in [-0.2, -0.15) is 0 Å². The first-order valence-corrected chi connectivity index (χ1v) is 10.0. The third kappa shape index (κ3) is 3.27. The van der Waals surface area contributed by atoms with Crippen LogP contribution in [0.3, 0.4) is 0 Å². The number of ether oxygens (including phenoxy) is 1. The predicted molar refractivity (Wildman–Crippen MR) is 102 cm³/mol. The van der Waals surface area contributed by atoms with E-state index in [2.05, 4.69) is 60.6 Å². The smallest absolute Gasteiger partial charge is 0.110 e. The second-order valence-electron chi connectivity index (χ2n) is 8.65. The van der Waals surface area contributed by atoms with Crippen molar-refractivity contribution in [2.45, 2.75) is 56.7 Å². The summed E-state index contributed by atoms with van der Waals surface area (Å²) in [6.45, 7) is 3.37. The van der Waals surface area contributed by atoms with E-state index in [-0.39, 0.29) is 5.54 Å². The SMILES string of the molecule is CN(C)C1(c2ccccc2)CCC2(CCN(C3C[CH]CCO3)C2)CC1. The number of hydrogen-bond donors (Lipinski definition) is 0. The van der Waals surface area contributed by atoms with Crippen LogP contribution >= 0.6 is 0 Å². The summed E-state index contributed by atoms with van der Waals surface area (Å²) in [5.74, 6) is 0. The largest absolute Gasteiger partial charge is 0.363 e. The van der Waals surface area contributed by atoms with Gasteiger partial charge in [0.1, 0.15) is 6.23 Å². The van der Waals surface area contributed by atoms with Crippen LogP contribution in [0.1, 0.15) is 50.5 Å². The molecule has 2 aliphatic heterocycles. The summed E-state index contributed by atoms with van der Waals surface area (Å²) in [5.41, 5.74) is 2.24. The number of benzene rings is 1. The van der Waals surface area contributed by atoms with Crippen molar-refractivity contribution in [3.8, 4) is 0 Å². The molecular weight excluding hydrogens is 308 g/mol. The maximum Gasteiger partial charge on any atom is 0.110 e. The molecule has 1 aliphatic carbocycles. The molecule has 3 fully saturated rings. The topological polar surface area (TPSA) is 15.7 Å². The number of hydrogen-bond acceptors (Lipinski definition) is 3. The molecule has 1 saturated carbocycles. The highest BCUT2D eigenvalue weighted by molar-refractivity contribution is 5.26. The predicted octanol–water partition coefficient (Wildman–Crippen LogP) is 4.05. The lowest BCUT2D eigenvalue weighted by molar-refractivity contribution is -0.0707. The highest BCUT2D eigenvalue weighted by Gasteiger charge is 2.48. The fraction of sp³-hybridized carbons (Fsp3) is 0.682. The Morgan fingerprint density at radius 3 is 2.44 bits per heavy atom. The van der Waals surface area contributed by atoms with E-state index in [0.29, 0.717) is 11.6 Å². The summed E-state index contributed by atoms with van der Waals surface area (Å²) in [7, 11) is 4.52. The van der Waals surface area contributed by atoms with Crippen molar-refractivity contribution in [2.75, 3.05) is 33.8 Å². The van der Waals surface area contributed by atoms with Crippen molar-refractivity contribution in [1.29, 1.82) is 0 Å². The van der Waals surface area contributed by atoms with Crippen molar-refractivity contribution < 1.29 is 4.74 Å². The van der Waals surface area contributed by atoms with E-state index in [1.165, 1.54) is 50.8 Å². The number of rotatable bonds is 3. The molecule has 3 heteroatoms. The van der Waals surface area contributed by atoms with Crippen LogP contribution in [0.5, 0.6) is 0 Å². The Morgan fingerprint density at radius 1 is 1.04 bits per heavy atom. The minimum absolute atomic E-state index is 0.217. The Kier molecular flexibility index (Phi) is 4.91. The standard InChI is InChI=1S/C22H33N2O/c1-23(2)22(19-8-4-3-5-9-19)13-11-21(12-14-22)15-16-24(18-21)20-10-6-7-17-25-20/h3-6,8-9,20H,7,10-18H2,1-2H3. The van der Waals surface area contributed by atoms with Gasteiger partial charge in [-0.3, -0.25) is 9.80 Å². The molecule has 1 radical (unpaired) electrons. The summed E-state index contributed by atoms with van der Waals surface area (Å²) in [6, 6.07) is 11.2. The highest BCUT2D eigenvalue weighted by Crippen LogP contribution is 2.52. The average molecular weight is 342 g/mol. The molecule has 0 N–H and O–H groups in total. The molecule has 2 heterocycles. The quantitative estimate of drug-likeness (QED) is 0.825. The third-order valence-corrected chi connectivity index (χ3v) is 7.18. The minimum atomic E-state index is 0.217. The van der Waals surface area contributed by atoms with Crippen LogP contribution in [0.4, 0.5) is 0 Å². The number of likely N-dealkylation sites (tertiary alicyclic amines) is 1. The first-order chi connectivity index (χ1) is 12.1. The lowest BCUT2D eigenvalue weighted by Gasteiger charge is -2.49. The first-order valence-electron chi connectivity index (χ1n) is 10.0. The molecule has 2 saturated heterocycles. The van der Waals surface area contributed by atoms with Gasteiger partial charge in [0.05, 0.1) is 0 Å². The molecule has 1 spiro atoms. The van der Waals surface area contributed by atoms with Gasteiger partial charge >= 0.3 is 0 Å².